The lowest BCUT2D eigenvalue weighted by atomic mass is 10.1. The third-order valence-corrected chi connectivity index (χ3v) is 4.05. The van der Waals surface area contributed by atoms with E-state index in [1.807, 2.05) is 0 Å². The molecule has 0 amide bonds. The van der Waals surface area contributed by atoms with Crippen molar-refractivity contribution in [1.82, 2.24) is 0 Å². The Morgan fingerprint density at radius 2 is 1.35 bits per heavy atom. The Labute approximate surface area is 143 Å². The zero-order valence-electron chi connectivity index (χ0n) is 15.5. The first-order chi connectivity index (χ1) is 11.3. The van der Waals surface area contributed by atoms with Gasteiger partial charge in [0.05, 0.1) is 7.11 Å². The van der Waals surface area contributed by atoms with Crippen LogP contribution in [0.1, 0.15) is 90.4 Å². The Bertz CT molecular complexity index is 328. The van der Waals surface area contributed by atoms with E-state index in [-0.39, 0.29) is 5.97 Å². The number of hydrogen-bond acceptors (Lipinski definition) is 3. The van der Waals surface area contributed by atoms with Crippen LogP contribution in [0.15, 0.2) is 0 Å². The molecule has 1 unspecified atom stereocenters. The van der Waals surface area contributed by atoms with Crippen molar-refractivity contribution < 1.29 is 14.3 Å². The van der Waals surface area contributed by atoms with Crippen molar-refractivity contribution in [2.24, 2.45) is 0 Å². The summed E-state index contributed by atoms with van der Waals surface area (Å²) in [6.07, 6.45) is 15.1. The molecule has 0 bridgehead atoms. The third kappa shape index (κ3) is 14.3. The molecule has 0 aromatic carbocycles. The minimum absolute atomic E-state index is 0.296. The fourth-order valence-electron chi connectivity index (χ4n) is 2.54. The summed E-state index contributed by atoms with van der Waals surface area (Å²) in [6.45, 7) is 2.26. The van der Waals surface area contributed by atoms with Crippen molar-refractivity contribution in [2.45, 2.75) is 96.5 Å². The van der Waals surface area contributed by atoms with Gasteiger partial charge in [-0.3, -0.25) is 0 Å². The van der Waals surface area contributed by atoms with Crippen molar-refractivity contribution in [1.29, 1.82) is 0 Å². The van der Waals surface area contributed by atoms with E-state index in [0.29, 0.717) is 6.42 Å². The van der Waals surface area contributed by atoms with E-state index >= 15 is 0 Å². The van der Waals surface area contributed by atoms with Gasteiger partial charge in [0.2, 0.25) is 0 Å². The van der Waals surface area contributed by atoms with Crippen LogP contribution in [0.4, 0.5) is 0 Å². The molecule has 0 fully saturated rings. The van der Waals surface area contributed by atoms with Crippen LogP contribution in [0.25, 0.3) is 0 Å². The molecule has 0 rings (SSSR count). The van der Waals surface area contributed by atoms with Crippen LogP contribution in [-0.2, 0) is 14.3 Å². The summed E-state index contributed by atoms with van der Waals surface area (Å²) in [4.78, 5) is 11.3. The van der Waals surface area contributed by atoms with Crippen molar-refractivity contribution in [3.05, 3.63) is 0 Å². The molecule has 0 spiro atoms. The number of carbonyl (C=O) groups excluding carboxylic acids is 1. The maximum atomic E-state index is 11.3. The highest BCUT2D eigenvalue weighted by Crippen LogP contribution is 2.10. The van der Waals surface area contributed by atoms with Crippen molar-refractivity contribution in [3.63, 3.8) is 0 Å². The number of carbonyl (C=O) groups is 1. The molecule has 0 N–H and O–H groups in total. The molecule has 3 nitrogen and oxygen atoms in total. The Morgan fingerprint density at radius 1 is 0.826 bits per heavy atom. The first-order valence-electron chi connectivity index (χ1n) is 9.32. The van der Waals surface area contributed by atoms with Crippen LogP contribution in [-0.4, -0.2) is 26.3 Å². The molecular weight excluding hydrogens is 288 g/mol. The van der Waals surface area contributed by atoms with Crippen molar-refractivity contribution in [2.75, 3.05) is 14.2 Å². The normalized spacial score (nSPS) is 11.6. The van der Waals surface area contributed by atoms with E-state index in [1.165, 1.54) is 72.0 Å². The zero-order valence-corrected chi connectivity index (χ0v) is 15.5. The summed E-state index contributed by atoms with van der Waals surface area (Å²) >= 11 is 0. The van der Waals surface area contributed by atoms with E-state index in [0.717, 1.165) is 19.3 Å². The molecule has 0 aromatic rings. The first kappa shape index (κ1) is 22.0. The predicted molar refractivity (Wildman–Crippen MR) is 96.3 cm³/mol. The Balaban J connectivity index is 3.38. The second-order valence-electron chi connectivity index (χ2n) is 6.07. The summed E-state index contributed by atoms with van der Waals surface area (Å²) in [5.74, 6) is 6.13. The molecule has 3 heteroatoms. The van der Waals surface area contributed by atoms with Gasteiger partial charge in [-0.1, -0.05) is 58.3 Å². The standard InChI is InChI=1S/C20H36O3/c1-4-5-6-7-8-9-10-11-12-13-14-15-16-17-18-19(22-2)20(21)23-3/h19H,4-13,16-18H2,1-3H3. The van der Waals surface area contributed by atoms with E-state index in [4.69, 9.17) is 4.74 Å². The van der Waals surface area contributed by atoms with Gasteiger partial charge in [-0.05, 0) is 19.3 Å². The van der Waals surface area contributed by atoms with E-state index in [1.54, 1.807) is 0 Å². The molecule has 0 aliphatic heterocycles. The Hall–Kier alpha value is -1.01. The van der Waals surface area contributed by atoms with Crippen molar-refractivity contribution in [3.8, 4) is 11.8 Å². The number of methoxy groups -OCH3 is 2. The molecule has 0 aromatic heterocycles. The second-order valence-corrected chi connectivity index (χ2v) is 6.07. The molecule has 134 valence electrons. The summed E-state index contributed by atoms with van der Waals surface area (Å²) < 4.78 is 9.77. The van der Waals surface area contributed by atoms with Gasteiger partial charge in [-0.25, -0.2) is 4.79 Å². The van der Waals surface area contributed by atoms with Gasteiger partial charge in [0, 0.05) is 20.0 Å². The molecule has 23 heavy (non-hydrogen) atoms. The maximum absolute atomic E-state index is 11.3. The number of esters is 1. The molecule has 0 heterocycles. The lowest BCUT2D eigenvalue weighted by Gasteiger charge is -2.11. The fraction of sp³-hybridized carbons (Fsp3) is 0.850. The smallest absolute Gasteiger partial charge is 0.334 e. The summed E-state index contributed by atoms with van der Waals surface area (Å²) in [5, 5.41) is 0. The van der Waals surface area contributed by atoms with Crippen LogP contribution in [0.2, 0.25) is 0 Å². The summed E-state index contributed by atoms with van der Waals surface area (Å²) in [5.41, 5.74) is 0. The molecular formula is C20H36O3. The quantitative estimate of drug-likeness (QED) is 0.248. The molecule has 0 aliphatic rings. The fourth-order valence-corrected chi connectivity index (χ4v) is 2.54. The van der Waals surface area contributed by atoms with Gasteiger partial charge < -0.3 is 9.47 Å². The number of hydrogen-bond donors (Lipinski definition) is 0. The number of rotatable bonds is 14. The van der Waals surface area contributed by atoms with E-state index < -0.39 is 6.10 Å². The minimum atomic E-state index is -0.445. The Kier molecular flexibility index (Phi) is 16.6. The van der Waals surface area contributed by atoms with Gasteiger partial charge in [0.15, 0.2) is 6.10 Å². The monoisotopic (exact) mass is 324 g/mol. The van der Waals surface area contributed by atoms with Gasteiger partial charge in [-0.2, -0.15) is 0 Å². The highest BCUT2D eigenvalue weighted by molar-refractivity contribution is 5.74. The molecule has 0 saturated carbocycles. The van der Waals surface area contributed by atoms with Gasteiger partial charge >= 0.3 is 5.97 Å². The Morgan fingerprint density at radius 3 is 1.87 bits per heavy atom. The largest absolute Gasteiger partial charge is 0.467 e. The minimum Gasteiger partial charge on any atom is -0.467 e. The lowest BCUT2D eigenvalue weighted by Crippen LogP contribution is -2.24. The van der Waals surface area contributed by atoms with E-state index in [9.17, 15) is 4.79 Å². The van der Waals surface area contributed by atoms with Crippen LogP contribution >= 0.6 is 0 Å². The highest BCUT2D eigenvalue weighted by atomic mass is 16.6. The molecule has 0 saturated heterocycles. The molecule has 0 radical (unpaired) electrons. The predicted octanol–water partition coefficient (Wildman–Crippen LogP) is 5.27. The first-order valence-corrected chi connectivity index (χ1v) is 9.32. The van der Waals surface area contributed by atoms with Crippen LogP contribution in [0, 0.1) is 11.8 Å². The lowest BCUT2D eigenvalue weighted by molar-refractivity contribution is -0.152. The van der Waals surface area contributed by atoms with E-state index in [2.05, 4.69) is 23.5 Å². The van der Waals surface area contributed by atoms with Crippen molar-refractivity contribution >= 4 is 5.97 Å². The SMILES string of the molecule is CCCCCCCCCCCC#CCCCC(OC)C(=O)OC. The van der Waals surface area contributed by atoms with Gasteiger partial charge in [-0.15, -0.1) is 11.8 Å². The van der Waals surface area contributed by atoms with Gasteiger partial charge in [0.1, 0.15) is 0 Å². The second kappa shape index (κ2) is 17.3. The summed E-state index contributed by atoms with van der Waals surface area (Å²) in [6, 6.07) is 0. The average Bonchev–Trinajstić information content (AvgIpc) is 2.58. The van der Waals surface area contributed by atoms with Crippen LogP contribution in [0.5, 0.6) is 0 Å². The topological polar surface area (TPSA) is 35.5 Å². The van der Waals surface area contributed by atoms with Crippen LogP contribution < -0.4 is 0 Å². The molecule has 0 aliphatic carbocycles. The van der Waals surface area contributed by atoms with Gasteiger partial charge in [0.25, 0.3) is 0 Å². The summed E-state index contributed by atoms with van der Waals surface area (Å²) in [7, 11) is 2.93. The maximum Gasteiger partial charge on any atom is 0.334 e. The third-order valence-electron chi connectivity index (χ3n) is 4.05. The zero-order chi connectivity index (χ0) is 17.2. The highest BCUT2D eigenvalue weighted by Gasteiger charge is 2.16. The van der Waals surface area contributed by atoms with Crippen LogP contribution in [0.3, 0.4) is 0 Å². The number of ether oxygens (including phenoxy) is 2. The number of unbranched alkanes of at least 4 members (excludes halogenated alkanes) is 10. The average molecular weight is 325 g/mol. The molecule has 1 atom stereocenters.